The first kappa shape index (κ1) is 23.6. The highest BCUT2D eigenvalue weighted by atomic mass is 35.5. The number of hydrogen-bond donors (Lipinski definition) is 1. The average molecular weight is 424 g/mol. The number of halogens is 2. The Bertz CT molecular complexity index is 560. The van der Waals surface area contributed by atoms with Crippen LogP contribution in [0.1, 0.15) is 62.8 Å². The van der Waals surface area contributed by atoms with E-state index in [-0.39, 0.29) is 36.8 Å². The van der Waals surface area contributed by atoms with E-state index in [0.29, 0.717) is 37.6 Å². The third-order valence-electron chi connectivity index (χ3n) is 5.19. The summed E-state index contributed by atoms with van der Waals surface area (Å²) < 4.78 is 5.58. The summed E-state index contributed by atoms with van der Waals surface area (Å²) >= 11 is 1.61. The summed E-state index contributed by atoms with van der Waals surface area (Å²) in [6.45, 7) is 5.29. The molecule has 2 fully saturated rings. The number of ether oxygens (including phenoxy) is 1. The van der Waals surface area contributed by atoms with Gasteiger partial charge in [0.2, 0.25) is 5.91 Å². The minimum absolute atomic E-state index is 0. The smallest absolute Gasteiger partial charge is 0.222 e. The molecule has 150 valence electrons. The van der Waals surface area contributed by atoms with E-state index in [4.69, 9.17) is 4.74 Å². The molecular formula is C18H31Cl2N3O2S. The van der Waals surface area contributed by atoms with E-state index in [2.05, 4.69) is 10.3 Å². The number of nitrogens with one attached hydrogen (secondary N) is 1. The van der Waals surface area contributed by atoms with E-state index in [0.717, 1.165) is 23.5 Å². The van der Waals surface area contributed by atoms with Gasteiger partial charge in [-0.1, -0.05) is 0 Å². The number of fused-ring (bicyclic) bond motifs is 2. The summed E-state index contributed by atoms with van der Waals surface area (Å²) in [6, 6.07) is 1.29. The second-order valence-corrected chi connectivity index (χ2v) is 8.09. The normalized spacial score (nSPS) is 25.1. The molecular weight excluding hydrogens is 393 g/mol. The second-order valence-electron chi connectivity index (χ2n) is 7.20. The van der Waals surface area contributed by atoms with Gasteiger partial charge in [0.15, 0.2) is 0 Å². The molecule has 3 unspecified atom stereocenters. The zero-order valence-electron chi connectivity index (χ0n) is 15.8. The minimum atomic E-state index is 0. The summed E-state index contributed by atoms with van der Waals surface area (Å²) in [5.41, 5.74) is 0.961. The van der Waals surface area contributed by atoms with E-state index < -0.39 is 0 Å². The van der Waals surface area contributed by atoms with E-state index in [9.17, 15) is 4.79 Å². The highest BCUT2D eigenvalue weighted by Gasteiger charge is 2.34. The first-order valence-electron chi connectivity index (χ1n) is 9.11. The largest absolute Gasteiger partial charge is 0.372 e. The lowest BCUT2D eigenvalue weighted by Gasteiger charge is -2.29. The van der Waals surface area contributed by atoms with Crippen LogP contribution in [0.3, 0.4) is 0 Å². The van der Waals surface area contributed by atoms with Crippen LogP contribution in [0.25, 0.3) is 0 Å². The van der Waals surface area contributed by atoms with E-state index in [1.165, 1.54) is 12.8 Å². The third-order valence-corrected chi connectivity index (χ3v) is 6.25. The predicted molar refractivity (Wildman–Crippen MR) is 110 cm³/mol. The van der Waals surface area contributed by atoms with Crippen LogP contribution in [0.15, 0.2) is 5.38 Å². The van der Waals surface area contributed by atoms with E-state index in [1.54, 1.807) is 11.3 Å². The zero-order valence-corrected chi connectivity index (χ0v) is 18.2. The van der Waals surface area contributed by atoms with Crippen molar-refractivity contribution in [2.45, 2.75) is 70.7 Å². The highest BCUT2D eigenvalue weighted by molar-refractivity contribution is 7.09. The Morgan fingerprint density at radius 3 is 2.65 bits per heavy atom. The van der Waals surface area contributed by atoms with Gasteiger partial charge in [-0.05, 0) is 45.4 Å². The fraction of sp³-hybridized carbons (Fsp3) is 0.778. The fourth-order valence-corrected chi connectivity index (χ4v) is 4.79. The molecule has 0 radical (unpaired) electrons. The van der Waals surface area contributed by atoms with E-state index >= 15 is 0 Å². The standard InChI is InChI=1S/C18H29N3O2S.2ClH/c1-4-23-12(2)18-20-16(11-24-18)10-21(3)17(22)9-13-7-14-5-6-15(8-13)19-14;;/h11-15,19H,4-10H2,1-3H3;2*1H. The van der Waals surface area contributed by atoms with Crippen LogP contribution in [0.2, 0.25) is 0 Å². The van der Waals surface area contributed by atoms with Crippen molar-refractivity contribution < 1.29 is 9.53 Å². The molecule has 3 rings (SSSR count). The number of aromatic nitrogens is 1. The topological polar surface area (TPSA) is 54.5 Å². The minimum Gasteiger partial charge on any atom is -0.372 e. The van der Waals surface area contributed by atoms with Crippen LogP contribution in [-0.4, -0.2) is 41.5 Å². The second kappa shape index (κ2) is 10.8. The Hall–Kier alpha value is -0.400. The molecule has 3 heterocycles. The Labute approximate surface area is 173 Å². The van der Waals surface area contributed by atoms with Crippen LogP contribution in [-0.2, 0) is 16.1 Å². The Morgan fingerprint density at radius 2 is 2.04 bits per heavy atom. The lowest BCUT2D eigenvalue weighted by Crippen LogP contribution is -2.39. The molecule has 1 N–H and O–H groups in total. The Balaban J connectivity index is 0.00000169. The number of carbonyl (C=O) groups excluding carboxylic acids is 1. The highest BCUT2D eigenvalue weighted by Crippen LogP contribution is 2.33. The molecule has 5 nitrogen and oxygen atoms in total. The molecule has 1 aromatic heterocycles. The molecule has 2 saturated heterocycles. The molecule has 2 bridgehead atoms. The molecule has 0 saturated carbocycles. The van der Waals surface area contributed by atoms with Gasteiger partial charge in [-0.25, -0.2) is 4.98 Å². The first-order chi connectivity index (χ1) is 11.5. The number of piperidine rings is 1. The van der Waals surface area contributed by atoms with Gasteiger partial charge < -0.3 is 15.0 Å². The van der Waals surface area contributed by atoms with Crippen molar-refractivity contribution in [2.75, 3.05) is 13.7 Å². The van der Waals surface area contributed by atoms with Crippen molar-refractivity contribution in [1.82, 2.24) is 15.2 Å². The quantitative estimate of drug-likeness (QED) is 0.720. The van der Waals surface area contributed by atoms with E-state index in [1.807, 2.05) is 31.2 Å². The molecule has 0 aromatic carbocycles. The van der Waals surface area contributed by atoms with Crippen LogP contribution in [0, 0.1) is 5.92 Å². The van der Waals surface area contributed by atoms with Crippen molar-refractivity contribution >= 4 is 42.1 Å². The summed E-state index contributed by atoms with van der Waals surface area (Å²) in [5, 5.41) is 6.67. The van der Waals surface area contributed by atoms with Crippen molar-refractivity contribution in [3.8, 4) is 0 Å². The van der Waals surface area contributed by atoms with Crippen molar-refractivity contribution in [1.29, 1.82) is 0 Å². The third kappa shape index (κ3) is 6.06. The summed E-state index contributed by atoms with van der Waals surface area (Å²) in [4.78, 5) is 19.0. The lowest BCUT2D eigenvalue weighted by molar-refractivity contribution is -0.131. The monoisotopic (exact) mass is 423 g/mol. The number of nitrogens with zero attached hydrogens (tertiary/aromatic N) is 2. The molecule has 0 spiro atoms. The summed E-state index contributed by atoms with van der Waals surface area (Å²) in [5.74, 6) is 0.788. The van der Waals surface area contributed by atoms with Crippen molar-refractivity contribution in [2.24, 2.45) is 5.92 Å². The molecule has 1 amide bonds. The molecule has 2 aliphatic heterocycles. The number of rotatable bonds is 7. The first-order valence-corrected chi connectivity index (χ1v) is 9.99. The van der Waals surface area contributed by atoms with Crippen LogP contribution >= 0.6 is 36.2 Å². The number of amides is 1. The number of carbonyl (C=O) groups is 1. The molecule has 1 aromatic rings. The van der Waals surface area contributed by atoms with Crippen LogP contribution < -0.4 is 5.32 Å². The van der Waals surface area contributed by atoms with Gasteiger partial charge in [0.1, 0.15) is 11.1 Å². The zero-order chi connectivity index (χ0) is 17.1. The van der Waals surface area contributed by atoms with Crippen LogP contribution in [0.4, 0.5) is 0 Å². The number of thiazole rings is 1. The fourth-order valence-electron chi connectivity index (χ4n) is 3.98. The molecule has 2 aliphatic rings. The van der Waals surface area contributed by atoms with Gasteiger partial charge in [-0.2, -0.15) is 0 Å². The van der Waals surface area contributed by atoms with Gasteiger partial charge in [0, 0.05) is 37.5 Å². The predicted octanol–water partition coefficient (Wildman–Crippen LogP) is 3.96. The molecule has 3 atom stereocenters. The SMILES string of the molecule is CCOC(C)c1nc(CN(C)C(=O)CC2CC3CCC(C2)N3)cs1.Cl.Cl. The maximum absolute atomic E-state index is 12.5. The van der Waals surface area contributed by atoms with Crippen LogP contribution in [0.5, 0.6) is 0 Å². The van der Waals surface area contributed by atoms with Gasteiger partial charge in [0.05, 0.1) is 12.2 Å². The van der Waals surface area contributed by atoms with Crippen molar-refractivity contribution in [3.63, 3.8) is 0 Å². The molecule has 0 aliphatic carbocycles. The maximum Gasteiger partial charge on any atom is 0.222 e. The molecule has 8 heteroatoms. The Morgan fingerprint density at radius 1 is 1.38 bits per heavy atom. The maximum atomic E-state index is 12.5. The van der Waals surface area contributed by atoms with Gasteiger partial charge in [0.25, 0.3) is 0 Å². The number of hydrogen-bond acceptors (Lipinski definition) is 5. The van der Waals surface area contributed by atoms with Gasteiger partial charge in [-0.3, -0.25) is 4.79 Å². The Kier molecular flexibility index (Phi) is 9.83. The molecule has 26 heavy (non-hydrogen) atoms. The summed E-state index contributed by atoms with van der Waals surface area (Å²) in [7, 11) is 1.89. The van der Waals surface area contributed by atoms with Gasteiger partial charge in [-0.15, -0.1) is 36.2 Å². The lowest BCUT2D eigenvalue weighted by atomic mass is 9.89. The summed E-state index contributed by atoms with van der Waals surface area (Å²) in [6.07, 6.45) is 5.58. The van der Waals surface area contributed by atoms with Crippen molar-refractivity contribution in [3.05, 3.63) is 16.1 Å². The van der Waals surface area contributed by atoms with Gasteiger partial charge >= 0.3 is 0 Å². The average Bonchev–Trinajstić information content (AvgIpc) is 3.14.